The number of carbonyl (C=O) groups is 1. The van der Waals surface area contributed by atoms with Gasteiger partial charge in [0.15, 0.2) is 5.82 Å². The lowest BCUT2D eigenvalue weighted by atomic mass is 10.1. The van der Waals surface area contributed by atoms with Crippen molar-refractivity contribution in [1.82, 2.24) is 25.2 Å². The first kappa shape index (κ1) is 21.8. The predicted octanol–water partition coefficient (Wildman–Crippen LogP) is 3.18. The molecule has 1 atom stereocenters. The second-order valence-corrected chi connectivity index (χ2v) is 10.2. The minimum absolute atomic E-state index is 0.0348. The summed E-state index contributed by atoms with van der Waals surface area (Å²) in [5.41, 5.74) is 2.93. The summed E-state index contributed by atoms with van der Waals surface area (Å²) in [5, 5.41) is 8.53. The van der Waals surface area contributed by atoms with Crippen molar-refractivity contribution < 1.29 is 4.79 Å². The number of hydrogen-bond acceptors (Lipinski definition) is 8. The van der Waals surface area contributed by atoms with Gasteiger partial charge in [0.25, 0.3) is 5.91 Å². The number of anilines is 2. The fraction of sp³-hybridized carbons (Fsp3) is 0.308. The van der Waals surface area contributed by atoms with Crippen LogP contribution in [0.5, 0.6) is 0 Å². The van der Waals surface area contributed by atoms with Crippen molar-refractivity contribution in [3.8, 4) is 23.9 Å². The molecular weight excluding hydrogens is 458 g/mol. The van der Waals surface area contributed by atoms with Crippen molar-refractivity contribution in [1.29, 1.82) is 0 Å². The number of thiophene rings is 1. The maximum atomic E-state index is 12.7. The van der Waals surface area contributed by atoms with Crippen LogP contribution in [0.4, 0.5) is 11.5 Å². The quantitative estimate of drug-likeness (QED) is 0.424. The van der Waals surface area contributed by atoms with E-state index in [1.807, 2.05) is 37.3 Å². The Morgan fingerprint density at radius 3 is 2.74 bits per heavy atom. The summed E-state index contributed by atoms with van der Waals surface area (Å²) in [6, 6.07) is 9.94. The van der Waals surface area contributed by atoms with Gasteiger partial charge < -0.3 is 20.4 Å². The average molecular weight is 484 g/mol. The SMILES string of the molecule is C#Cc1cc(N2CCN(C)CC2)nc(-c2ccc3c(ccc4sc5c(c43)NC[C@@H](C)NC5=O)n2)n1. The topological polar surface area (TPSA) is 86.3 Å². The van der Waals surface area contributed by atoms with Crippen LogP contribution in [-0.2, 0) is 0 Å². The molecular formula is C26H25N7OS. The maximum absolute atomic E-state index is 12.7. The van der Waals surface area contributed by atoms with Gasteiger partial charge in [0.2, 0.25) is 0 Å². The maximum Gasteiger partial charge on any atom is 0.263 e. The van der Waals surface area contributed by atoms with Gasteiger partial charge in [-0.25, -0.2) is 15.0 Å². The van der Waals surface area contributed by atoms with Crippen LogP contribution < -0.4 is 15.5 Å². The first-order chi connectivity index (χ1) is 17.0. The molecule has 8 nitrogen and oxygen atoms in total. The van der Waals surface area contributed by atoms with Crippen LogP contribution in [0.1, 0.15) is 22.3 Å². The smallest absolute Gasteiger partial charge is 0.263 e. The highest BCUT2D eigenvalue weighted by Crippen LogP contribution is 2.41. The van der Waals surface area contributed by atoms with Gasteiger partial charge in [-0.05, 0) is 38.2 Å². The molecule has 176 valence electrons. The number of amides is 1. The van der Waals surface area contributed by atoms with E-state index in [1.54, 1.807) is 0 Å². The molecule has 2 aliphatic heterocycles. The van der Waals surface area contributed by atoms with Gasteiger partial charge in [-0.2, -0.15) is 0 Å². The number of nitrogens with one attached hydrogen (secondary N) is 2. The zero-order valence-electron chi connectivity index (χ0n) is 19.6. The Labute approximate surface area is 207 Å². The van der Waals surface area contributed by atoms with E-state index in [2.05, 4.69) is 38.4 Å². The van der Waals surface area contributed by atoms with Gasteiger partial charge in [0.05, 0.1) is 11.2 Å². The largest absolute Gasteiger partial charge is 0.381 e. The molecule has 3 aromatic heterocycles. The van der Waals surface area contributed by atoms with Gasteiger partial charge in [0, 0.05) is 60.3 Å². The summed E-state index contributed by atoms with van der Waals surface area (Å²) in [5.74, 6) is 3.99. The van der Waals surface area contributed by atoms with Crippen LogP contribution >= 0.6 is 11.3 Å². The highest BCUT2D eigenvalue weighted by molar-refractivity contribution is 7.21. The summed E-state index contributed by atoms with van der Waals surface area (Å²) in [7, 11) is 2.13. The van der Waals surface area contributed by atoms with Crippen LogP contribution in [-0.4, -0.2) is 71.6 Å². The van der Waals surface area contributed by atoms with Crippen molar-refractivity contribution >= 4 is 49.7 Å². The Kier molecular flexibility index (Phi) is 5.28. The Hall–Kier alpha value is -3.74. The van der Waals surface area contributed by atoms with Crippen molar-refractivity contribution in [3.05, 3.63) is 40.9 Å². The van der Waals surface area contributed by atoms with E-state index in [4.69, 9.17) is 16.4 Å². The third-order valence-electron chi connectivity index (χ3n) is 6.61. The van der Waals surface area contributed by atoms with E-state index < -0.39 is 0 Å². The average Bonchev–Trinajstić information content (AvgIpc) is 3.20. The number of terminal acetylenes is 1. The highest BCUT2D eigenvalue weighted by atomic mass is 32.1. The van der Waals surface area contributed by atoms with Crippen LogP contribution in [0.3, 0.4) is 0 Å². The van der Waals surface area contributed by atoms with Crippen molar-refractivity contribution in [2.45, 2.75) is 13.0 Å². The number of likely N-dealkylation sites (N-methyl/N-ethyl adjacent to an activating group) is 1. The van der Waals surface area contributed by atoms with Gasteiger partial charge in [-0.15, -0.1) is 17.8 Å². The van der Waals surface area contributed by atoms with E-state index >= 15 is 0 Å². The number of pyridine rings is 1. The number of aromatic nitrogens is 3. The molecule has 0 unspecified atom stereocenters. The number of benzene rings is 1. The zero-order chi connectivity index (χ0) is 24.1. The molecule has 0 spiro atoms. The Morgan fingerprint density at radius 1 is 1.11 bits per heavy atom. The first-order valence-electron chi connectivity index (χ1n) is 11.7. The standard InChI is InChI=1S/C26H25N7OS/c1-4-16-13-21(33-11-9-32(3)10-12-33)31-25(29-16)19-6-5-17-18(30-19)7-8-20-22(17)23-24(35-20)26(34)28-15(2)14-27-23/h1,5-8,13,15,27H,9-12,14H2,2-3H3,(H,28,34)/t15-/m1/s1. The molecule has 1 fully saturated rings. The van der Waals surface area contributed by atoms with Gasteiger partial charge in [0.1, 0.15) is 22.1 Å². The predicted molar refractivity (Wildman–Crippen MR) is 141 cm³/mol. The van der Waals surface area contributed by atoms with E-state index in [9.17, 15) is 4.79 Å². The summed E-state index contributed by atoms with van der Waals surface area (Å²) in [6.07, 6.45) is 5.73. The minimum atomic E-state index is -0.0348. The van der Waals surface area contributed by atoms with Crippen molar-refractivity contribution in [2.75, 3.05) is 50.0 Å². The number of rotatable bonds is 2. The lowest BCUT2D eigenvalue weighted by molar-refractivity contribution is 0.0949. The van der Waals surface area contributed by atoms with Gasteiger partial charge >= 0.3 is 0 Å². The molecule has 0 aliphatic carbocycles. The summed E-state index contributed by atoms with van der Waals surface area (Å²) < 4.78 is 1.05. The monoisotopic (exact) mass is 483 g/mol. The molecule has 6 rings (SSSR count). The molecule has 0 bridgehead atoms. The third-order valence-corrected chi connectivity index (χ3v) is 7.76. The number of piperazine rings is 1. The third kappa shape index (κ3) is 3.85. The molecule has 0 saturated carbocycles. The van der Waals surface area contributed by atoms with E-state index in [0.29, 0.717) is 28.6 Å². The van der Waals surface area contributed by atoms with Crippen LogP contribution in [0.2, 0.25) is 0 Å². The van der Waals surface area contributed by atoms with Crippen LogP contribution in [0.15, 0.2) is 30.3 Å². The highest BCUT2D eigenvalue weighted by Gasteiger charge is 2.25. The summed E-state index contributed by atoms with van der Waals surface area (Å²) >= 11 is 1.50. The lowest BCUT2D eigenvalue weighted by Crippen LogP contribution is -2.44. The van der Waals surface area contributed by atoms with E-state index in [0.717, 1.165) is 58.7 Å². The molecule has 0 radical (unpaired) electrons. The number of fused-ring (bicyclic) bond motifs is 5. The van der Waals surface area contributed by atoms with Crippen molar-refractivity contribution in [2.24, 2.45) is 0 Å². The first-order valence-corrected chi connectivity index (χ1v) is 12.5. The Bertz CT molecular complexity index is 1510. The second kappa shape index (κ2) is 8.48. The molecule has 4 aromatic rings. The summed E-state index contributed by atoms with van der Waals surface area (Å²) in [6.45, 7) is 6.41. The van der Waals surface area contributed by atoms with Crippen LogP contribution in [0.25, 0.3) is 32.5 Å². The molecule has 1 saturated heterocycles. The van der Waals surface area contributed by atoms with Crippen molar-refractivity contribution in [3.63, 3.8) is 0 Å². The minimum Gasteiger partial charge on any atom is -0.381 e. The molecule has 2 N–H and O–H groups in total. The second-order valence-electron chi connectivity index (χ2n) is 9.13. The van der Waals surface area contributed by atoms with Gasteiger partial charge in [-0.3, -0.25) is 4.79 Å². The van der Waals surface area contributed by atoms with Gasteiger partial charge in [-0.1, -0.05) is 5.92 Å². The fourth-order valence-electron chi connectivity index (χ4n) is 4.67. The molecule has 1 aromatic carbocycles. The Balaban J connectivity index is 1.44. The number of nitrogens with zero attached hydrogens (tertiary/aromatic N) is 5. The fourth-order valence-corrected chi connectivity index (χ4v) is 5.77. The zero-order valence-corrected chi connectivity index (χ0v) is 20.4. The molecule has 2 aliphatic rings. The Morgan fingerprint density at radius 2 is 1.94 bits per heavy atom. The molecule has 5 heterocycles. The van der Waals surface area contributed by atoms with E-state index in [-0.39, 0.29) is 11.9 Å². The van der Waals surface area contributed by atoms with E-state index in [1.165, 1.54) is 11.3 Å². The summed E-state index contributed by atoms with van der Waals surface area (Å²) in [4.78, 5) is 32.3. The molecule has 9 heteroatoms. The number of hydrogen-bond donors (Lipinski definition) is 2. The number of carbonyl (C=O) groups excluding carboxylic acids is 1. The molecule has 1 amide bonds. The lowest BCUT2D eigenvalue weighted by Gasteiger charge is -2.33. The normalized spacial score (nSPS) is 18.6. The molecule has 35 heavy (non-hydrogen) atoms. The van der Waals surface area contributed by atoms with Crippen LogP contribution in [0, 0.1) is 12.3 Å².